The number of primary amides is 1. The van der Waals surface area contributed by atoms with E-state index in [0.29, 0.717) is 23.1 Å². The molecule has 9 nitrogen and oxygen atoms in total. The normalized spacial score (nSPS) is 11.1. The molecule has 0 bridgehead atoms. The van der Waals surface area contributed by atoms with Crippen LogP contribution in [0.5, 0.6) is 0 Å². The number of nitrogens with two attached hydrogens (primary N) is 4. The van der Waals surface area contributed by atoms with Crippen LogP contribution in [0.25, 0.3) is 0 Å². The lowest BCUT2D eigenvalue weighted by molar-refractivity contribution is 0.249. The molecule has 0 aromatic carbocycles. The van der Waals surface area contributed by atoms with Crippen molar-refractivity contribution in [2.75, 3.05) is 5.75 Å². The monoisotopic (exact) mass is 316 g/mol. The van der Waals surface area contributed by atoms with Gasteiger partial charge in [0.1, 0.15) is 5.84 Å². The number of urea groups is 1. The molecule has 0 aliphatic rings. The Labute approximate surface area is 123 Å². The van der Waals surface area contributed by atoms with Gasteiger partial charge in [0, 0.05) is 23.3 Å². The van der Waals surface area contributed by atoms with E-state index in [1.54, 1.807) is 11.8 Å². The molecule has 0 aliphatic heterocycles. The molecule has 0 atom stereocenters. The summed E-state index contributed by atoms with van der Waals surface area (Å²) in [6.07, 6.45) is 0.538. The number of amides is 2. The molecular weight excluding hydrogens is 300 g/mol. The van der Waals surface area contributed by atoms with Crippen LogP contribution in [-0.2, 0) is 5.75 Å². The highest BCUT2D eigenvalue weighted by atomic mass is 32.2. The number of carbonyl (C=O) groups excluding carboxylic acids is 1. The second-order valence-corrected chi connectivity index (χ2v) is 5.48. The van der Waals surface area contributed by atoms with Crippen molar-refractivity contribution < 1.29 is 4.79 Å². The Balaban J connectivity index is 2.27. The maximum atomic E-state index is 10.4. The standard InChI is InChI=1S/C9H16N8OS2/c10-6(16-17-8(13)18)1-2-19-3-5-4-20-9(14-5)15-7(11)12/h4H,1-3H2,(H2,10,16)(H3,13,17,18)(H4,11,12,14,15). The van der Waals surface area contributed by atoms with Crippen LogP contribution in [0.3, 0.4) is 0 Å². The lowest BCUT2D eigenvalue weighted by Crippen LogP contribution is -2.28. The van der Waals surface area contributed by atoms with Crippen molar-refractivity contribution in [3.8, 4) is 0 Å². The van der Waals surface area contributed by atoms with Crippen molar-refractivity contribution in [3.63, 3.8) is 0 Å². The number of aromatic nitrogens is 1. The number of nitrogens with one attached hydrogen (secondary N) is 1. The number of rotatable bonds is 7. The fourth-order valence-corrected chi connectivity index (χ4v) is 2.73. The highest BCUT2D eigenvalue weighted by Crippen LogP contribution is 2.21. The molecule has 0 radical (unpaired) electrons. The number of hydrazone groups is 1. The molecule has 20 heavy (non-hydrogen) atoms. The van der Waals surface area contributed by atoms with Gasteiger partial charge in [0.25, 0.3) is 0 Å². The average Bonchev–Trinajstić information content (AvgIpc) is 2.79. The first-order valence-electron chi connectivity index (χ1n) is 5.46. The second kappa shape index (κ2) is 8.22. The van der Waals surface area contributed by atoms with Gasteiger partial charge in [-0.1, -0.05) is 0 Å². The van der Waals surface area contributed by atoms with Crippen molar-refractivity contribution in [3.05, 3.63) is 11.1 Å². The smallest absolute Gasteiger partial charge is 0.332 e. The molecule has 0 spiro atoms. The van der Waals surface area contributed by atoms with Gasteiger partial charge in [0.15, 0.2) is 5.96 Å². The molecular formula is C9H16N8OS2. The van der Waals surface area contributed by atoms with Crippen LogP contribution in [0.4, 0.5) is 9.93 Å². The van der Waals surface area contributed by atoms with E-state index >= 15 is 0 Å². The minimum Gasteiger partial charge on any atom is -0.386 e. The molecule has 2 amide bonds. The molecule has 11 heteroatoms. The van der Waals surface area contributed by atoms with Crippen LogP contribution in [0.2, 0.25) is 0 Å². The molecule has 9 N–H and O–H groups in total. The van der Waals surface area contributed by atoms with E-state index < -0.39 is 6.03 Å². The van der Waals surface area contributed by atoms with Crippen LogP contribution >= 0.6 is 23.1 Å². The number of nitrogens with zero attached hydrogens (tertiary/aromatic N) is 3. The first kappa shape index (κ1) is 16.0. The van der Waals surface area contributed by atoms with Crippen LogP contribution < -0.4 is 28.4 Å². The summed E-state index contributed by atoms with van der Waals surface area (Å²) in [7, 11) is 0. The van der Waals surface area contributed by atoms with Gasteiger partial charge in [-0.15, -0.1) is 11.3 Å². The van der Waals surface area contributed by atoms with E-state index in [0.717, 1.165) is 11.4 Å². The predicted octanol–water partition coefficient (Wildman–Crippen LogP) is -0.388. The molecule has 0 fully saturated rings. The first-order chi connectivity index (χ1) is 9.47. The van der Waals surface area contributed by atoms with E-state index in [-0.39, 0.29) is 5.96 Å². The minimum absolute atomic E-state index is 0.00973. The van der Waals surface area contributed by atoms with Gasteiger partial charge in [0.05, 0.1) is 5.69 Å². The number of hydrogen-bond donors (Lipinski definition) is 5. The number of amidine groups is 1. The Morgan fingerprint density at radius 1 is 1.40 bits per heavy atom. The van der Waals surface area contributed by atoms with Crippen molar-refractivity contribution in [1.82, 2.24) is 10.4 Å². The third kappa shape index (κ3) is 6.80. The van der Waals surface area contributed by atoms with Gasteiger partial charge in [-0.2, -0.15) is 21.9 Å². The Morgan fingerprint density at radius 2 is 2.15 bits per heavy atom. The lowest BCUT2D eigenvalue weighted by Gasteiger charge is -2.00. The van der Waals surface area contributed by atoms with E-state index in [1.165, 1.54) is 11.3 Å². The van der Waals surface area contributed by atoms with Gasteiger partial charge in [-0.25, -0.2) is 15.2 Å². The number of hydrogen-bond acceptors (Lipinski definition) is 6. The van der Waals surface area contributed by atoms with Crippen LogP contribution in [-0.4, -0.2) is 28.6 Å². The number of thiazole rings is 1. The Bertz CT molecular complexity index is 508. The summed E-state index contributed by atoms with van der Waals surface area (Å²) >= 11 is 3.00. The highest BCUT2D eigenvalue weighted by Gasteiger charge is 2.02. The van der Waals surface area contributed by atoms with Crippen LogP contribution in [0, 0.1) is 0 Å². The van der Waals surface area contributed by atoms with Crippen molar-refractivity contribution in [2.45, 2.75) is 12.2 Å². The summed E-state index contributed by atoms with van der Waals surface area (Å²) < 4.78 is 0. The molecule has 1 heterocycles. The highest BCUT2D eigenvalue weighted by molar-refractivity contribution is 7.98. The van der Waals surface area contributed by atoms with Gasteiger partial charge >= 0.3 is 6.03 Å². The molecule has 1 aromatic rings. The van der Waals surface area contributed by atoms with Crippen molar-refractivity contribution in [1.29, 1.82) is 0 Å². The zero-order valence-electron chi connectivity index (χ0n) is 10.6. The number of guanidine groups is 1. The van der Waals surface area contributed by atoms with Crippen LogP contribution in [0.1, 0.15) is 12.1 Å². The summed E-state index contributed by atoms with van der Waals surface area (Å²) in [5.41, 5.74) is 23.9. The van der Waals surface area contributed by atoms with Crippen molar-refractivity contribution in [2.24, 2.45) is 33.0 Å². The molecule has 0 aliphatic carbocycles. The van der Waals surface area contributed by atoms with Gasteiger partial charge in [0.2, 0.25) is 5.13 Å². The first-order valence-corrected chi connectivity index (χ1v) is 7.50. The molecule has 0 saturated heterocycles. The summed E-state index contributed by atoms with van der Waals surface area (Å²) in [6.45, 7) is 0. The number of thioether (sulfide) groups is 1. The van der Waals surface area contributed by atoms with Gasteiger partial charge < -0.3 is 22.9 Å². The summed E-state index contributed by atoms with van der Waals surface area (Å²) in [6, 6.07) is -0.740. The lowest BCUT2D eigenvalue weighted by atomic mass is 10.5. The summed E-state index contributed by atoms with van der Waals surface area (Å²) in [4.78, 5) is 18.5. The van der Waals surface area contributed by atoms with Crippen molar-refractivity contribution >= 4 is 46.1 Å². The fraction of sp³-hybridized carbons (Fsp3) is 0.333. The quantitative estimate of drug-likeness (QED) is 0.198. The fourth-order valence-electron chi connectivity index (χ4n) is 1.06. The summed E-state index contributed by atoms with van der Waals surface area (Å²) in [5, 5.41) is 6.03. The molecule has 0 unspecified atom stereocenters. The topological polar surface area (TPSA) is 171 Å². The maximum Gasteiger partial charge on any atom is 0.332 e. The molecule has 110 valence electrons. The van der Waals surface area contributed by atoms with Gasteiger partial charge in [-0.3, -0.25) is 0 Å². The Hall–Kier alpha value is -2.01. The number of carbonyl (C=O) groups is 1. The summed E-state index contributed by atoms with van der Waals surface area (Å²) in [5.74, 6) is 1.76. The Morgan fingerprint density at radius 3 is 2.80 bits per heavy atom. The van der Waals surface area contributed by atoms with E-state index in [4.69, 9.17) is 22.9 Å². The maximum absolute atomic E-state index is 10.4. The SMILES string of the molecule is NC(=O)NN=C(N)CCSCc1csc(N=C(N)N)n1. The van der Waals surface area contributed by atoms with E-state index in [1.807, 2.05) is 5.38 Å². The zero-order chi connectivity index (χ0) is 15.0. The minimum atomic E-state index is -0.740. The largest absolute Gasteiger partial charge is 0.386 e. The third-order valence-corrected chi connectivity index (χ3v) is 3.60. The van der Waals surface area contributed by atoms with Gasteiger partial charge in [-0.05, 0) is 0 Å². The van der Waals surface area contributed by atoms with E-state index in [9.17, 15) is 4.79 Å². The third-order valence-electron chi connectivity index (χ3n) is 1.83. The molecule has 1 rings (SSSR count). The second-order valence-electron chi connectivity index (χ2n) is 3.54. The van der Waals surface area contributed by atoms with Crippen LogP contribution in [0.15, 0.2) is 15.5 Å². The Kier molecular flexibility index (Phi) is 6.59. The average molecular weight is 316 g/mol. The molecule has 0 saturated carbocycles. The van der Waals surface area contributed by atoms with E-state index in [2.05, 4.69) is 20.5 Å². The number of aliphatic imine (C=N–C) groups is 1. The molecule has 1 aromatic heterocycles. The predicted molar refractivity (Wildman–Crippen MR) is 82.7 cm³/mol. The zero-order valence-corrected chi connectivity index (χ0v) is 12.2.